The first-order valence-electron chi connectivity index (χ1n) is 7.26. The lowest BCUT2D eigenvalue weighted by Gasteiger charge is -2.11. The first kappa shape index (κ1) is 14.6. The molecule has 1 aromatic rings. The van der Waals surface area contributed by atoms with Gasteiger partial charge < -0.3 is 16.4 Å². The summed E-state index contributed by atoms with van der Waals surface area (Å²) in [7, 11) is 0. The minimum Gasteiger partial charge on any atom is -0.383 e. The minimum absolute atomic E-state index is 0.141. The first-order valence-corrected chi connectivity index (χ1v) is 7.26. The molecule has 1 aliphatic rings. The molecule has 1 amide bonds. The van der Waals surface area contributed by atoms with Gasteiger partial charge in [-0.15, -0.1) is 0 Å². The van der Waals surface area contributed by atoms with Gasteiger partial charge in [-0.2, -0.15) is 0 Å². The molecule has 20 heavy (non-hydrogen) atoms. The number of nitrogens with two attached hydrogens (primary N) is 1. The summed E-state index contributed by atoms with van der Waals surface area (Å²) >= 11 is 0. The second kappa shape index (κ2) is 6.54. The normalized spacial score (nSPS) is 14.1. The summed E-state index contributed by atoms with van der Waals surface area (Å²) in [4.78, 5) is 20.2. The van der Waals surface area contributed by atoms with Crippen LogP contribution in [0.2, 0.25) is 0 Å². The van der Waals surface area contributed by atoms with Crippen LogP contribution in [-0.4, -0.2) is 28.5 Å². The van der Waals surface area contributed by atoms with Crippen molar-refractivity contribution < 1.29 is 4.79 Å². The summed E-state index contributed by atoms with van der Waals surface area (Å²) in [6.07, 6.45) is 4.34. The van der Waals surface area contributed by atoms with E-state index in [1.807, 2.05) is 13.8 Å². The van der Waals surface area contributed by atoms with Crippen LogP contribution in [0.1, 0.15) is 44.0 Å². The van der Waals surface area contributed by atoms with Crippen molar-refractivity contribution in [3.05, 3.63) is 11.4 Å². The third-order valence-electron chi connectivity index (χ3n) is 3.36. The molecule has 0 saturated heterocycles. The van der Waals surface area contributed by atoms with Crippen molar-refractivity contribution in [3.8, 4) is 0 Å². The van der Waals surface area contributed by atoms with E-state index in [1.54, 1.807) is 0 Å². The van der Waals surface area contributed by atoms with Crippen LogP contribution in [0, 0.1) is 6.92 Å². The van der Waals surface area contributed by atoms with E-state index in [4.69, 9.17) is 5.73 Å². The summed E-state index contributed by atoms with van der Waals surface area (Å²) in [6.45, 7) is 4.60. The summed E-state index contributed by atoms with van der Waals surface area (Å²) in [5.41, 5.74) is 6.72. The number of aryl methyl sites for hydroxylation is 1. The maximum atomic E-state index is 11.5. The van der Waals surface area contributed by atoms with E-state index in [0.29, 0.717) is 24.8 Å². The molecule has 0 unspecified atom stereocenters. The van der Waals surface area contributed by atoms with Crippen LogP contribution < -0.4 is 16.4 Å². The number of nitrogen functional groups attached to an aromatic ring is 1. The van der Waals surface area contributed by atoms with Gasteiger partial charge in [-0.05, 0) is 26.2 Å². The summed E-state index contributed by atoms with van der Waals surface area (Å²) in [5, 5.41) is 6.22. The lowest BCUT2D eigenvalue weighted by molar-refractivity contribution is -0.121. The van der Waals surface area contributed by atoms with E-state index < -0.39 is 0 Å². The standard InChI is InChI=1S/C14H23N5O/c1-3-11-18-13(15)9(2)14(19-11)16-8-4-5-12(20)17-10-6-7-10/h10H,3-8H2,1-2H3,(H,17,20)(H3,15,16,18,19). The van der Waals surface area contributed by atoms with Crippen molar-refractivity contribution in [3.63, 3.8) is 0 Å². The Morgan fingerprint density at radius 2 is 2.15 bits per heavy atom. The molecule has 1 aliphatic carbocycles. The molecule has 1 saturated carbocycles. The molecule has 110 valence electrons. The van der Waals surface area contributed by atoms with E-state index in [-0.39, 0.29) is 5.91 Å². The number of carbonyl (C=O) groups excluding carboxylic acids is 1. The topological polar surface area (TPSA) is 92.9 Å². The Bertz CT molecular complexity index is 485. The average molecular weight is 277 g/mol. The van der Waals surface area contributed by atoms with E-state index in [0.717, 1.165) is 42.9 Å². The van der Waals surface area contributed by atoms with Crippen molar-refractivity contribution in [2.45, 2.75) is 52.0 Å². The van der Waals surface area contributed by atoms with E-state index in [1.165, 1.54) is 0 Å². The maximum Gasteiger partial charge on any atom is 0.220 e. The zero-order valence-electron chi connectivity index (χ0n) is 12.2. The molecule has 6 nitrogen and oxygen atoms in total. The number of hydrogen-bond donors (Lipinski definition) is 3. The van der Waals surface area contributed by atoms with Crippen LogP contribution in [0.15, 0.2) is 0 Å². The Morgan fingerprint density at radius 1 is 1.40 bits per heavy atom. The van der Waals surface area contributed by atoms with Gasteiger partial charge in [-0.1, -0.05) is 6.92 Å². The molecule has 0 aliphatic heterocycles. The predicted molar refractivity (Wildman–Crippen MR) is 79.4 cm³/mol. The molecule has 0 aromatic carbocycles. The van der Waals surface area contributed by atoms with Gasteiger partial charge in [0.1, 0.15) is 17.5 Å². The molecule has 1 aromatic heterocycles. The van der Waals surface area contributed by atoms with Crippen LogP contribution in [-0.2, 0) is 11.2 Å². The molecule has 6 heteroatoms. The first-order chi connectivity index (χ1) is 9.60. The van der Waals surface area contributed by atoms with E-state index in [9.17, 15) is 4.79 Å². The number of anilines is 2. The fraction of sp³-hybridized carbons (Fsp3) is 0.643. The molecule has 1 heterocycles. The molecular weight excluding hydrogens is 254 g/mol. The molecule has 0 atom stereocenters. The Labute approximate surface area is 119 Å². The van der Waals surface area contributed by atoms with Crippen LogP contribution in [0.25, 0.3) is 0 Å². The lowest BCUT2D eigenvalue weighted by atomic mass is 10.2. The zero-order valence-corrected chi connectivity index (χ0v) is 12.2. The highest BCUT2D eigenvalue weighted by Crippen LogP contribution is 2.19. The fourth-order valence-electron chi connectivity index (χ4n) is 1.90. The fourth-order valence-corrected chi connectivity index (χ4v) is 1.90. The Morgan fingerprint density at radius 3 is 2.80 bits per heavy atom. The highest BCUT2D eigenvalue weighted by Gasteiger charge is 2.22. The average Bonchev–Trinajstić information content (AvgIpc) is 3.22. The van der Waals surface area contributed by atoms with Crippen molar-refractivity contribution in [1.82, 2.24) is 15.3 Å². The number of carbonyl (C=O) groups is 1. The lowest BCUT2D eigenvalue weighted by Crippen LogP contribution is -2.25. The number of rotatable bonds is 7. The summed E-state index contributed by atoms with van der Waals surface area (Å²) in [6, 6.07) is 0.437. The molecule has 0 radical (unpaired) electrons. The van der Waals surface area contributed by atoms with Crippen LogP contribution in [0.3, 0.4) is 0 Å². The second-order valence-corrected chi connectivity index (χ2v) is 5.22. The Balaban J connectivity index is 1.78. The van der Waals surface area contributed by atoms with E-state index in [2.05, 4.69) is 20.6 Å². The van der Waals surface area contributed by atoms with Gasteiger partial charge in [0.2, 0.25) is 5.91 Å². The minimum atomic E-state index is 0.141. The van der Waals surface area contributed by atoms with Crippen molar-refractivity contribution in [2.24, 2.45) is 0 Å². The third kappa shape index (κ3) is 4.08. The van der Waals surface area contributed by atoms with Gasteiger partial charge >= 0.3 is 0 Å². The van der Waals surface area contributed by atoms with Gasteiger partial charge in [0.05, 0.1) is 0 Å². The van der Waals surface area contributed by atoms with Crippen molar-refractivity contribution >= 4 is 17.5 Å². The highest BCUT2D eigenvalue weighted by atomic mass is 16.1. The van der Waals surface area contributed by atoms with Gasteiger partial charge in [-0.25, -0.2) is 9.97 Å². The van der Waals surface area contributed by atoms with Crippen LogP contribution in [0.4, 0.5) is 11.6 Å². The van der Waals surface area contributed by atoms with Gasteiger partial charge in [-0.3, -0.25) is 4.79 Å². The SMILES string of the molecule is CCc1nc(N)c(C)c(NCCCC(=O)NC2CC2)n1. The predicted octanol–water partition coefficient (Wildman–Crippen LogP) is 1.40. The van der Waals surface area contributed by atoms with E-state index >= 15 is 0 Å². The molecule has 0 spiro atoms. The number of nitrogens with one attached hydrogen (secondary N) is 2. The summed E-state index contributed by atoms with van der Waals surface area (Å²) < 4.78 is 0. The van der Waals surface area contributed by atoms with Crippen molar-refractivity contribution in [1.29, 1.82) is 0 Å². The molecular formula is C14H23N5O. The zero-order chi connectivity index (χ0) is 14.5. The molecule has 1 fully saturated rings. The second-order valence-electron chi connectivity index (χ2n) is 5.22. The van der Waals surface area contributed by atoms with Gasteiger partial charge in [0.15, 0.2) is 0 Å². The summed E-state index contributed by atoms with van der Waals surface area (Å²) in [5.74, 6) is 2.17. The maximum absolute atomic E-state index is 11.5. The van der Waals surface area contributed by atoms with Crippen LogP contribution >= 0.6 is 0 Å². The number of nitrogens with zero attached hydrogens (tertiary/aromatic N) is 2. The smallest absolute Gasteiger partial charge is 0.220 e. The largest absolute Gasteiger partial charge is 0.383 e. The van der Waals surface area contributed by atoms with Crippen LogP contribution in [0.5, 0.6) is 0 Å². The molecule has 4 N–H and O–H groups in total. The monoisotopic (exact) mass is 277 g/mol. The van der Waals surface area contributed by atoms with Gasteiger partial charge in [0.25, 0.3) is 0 Å². The quantitative estimate of drug-likeness (QED) is 0.655. The third-order valence-corrected chi connectivity index (χ3v) is 3.36. The Kier molecular flexibility index (Phi) is 4.76. The number of hydrogen-bond acceptors (Lipinski definition) is 5. The highest BCUT2D eigenvalue weighted by molar-refractivity contribution is 5.76. The Hall–Kier alpha value is -1.85. The van der Waals surface area contributed by atoms with Crippen molar-refractivity contribution in [2.75, 3.05) is 17.6 Å². The van der Waals surface area contributed by atoms with Gasteiger partial charge in [0, 0.05) is 31.0 Å². The number of amides is 1. The number of aromatic nitrogens is 2. The molecule has 2 rings (SSSR count). The molecule has 0 bridgehead atoms.